The minimum Gasteiger partial charge on any atom is -0.495 e. The second-order valence-electron chi connectivity index (χ2n) is 7.72. The Labute approximate surface area is 182 Å². The number of aromatic amines is 1. The highest BCUT2D eigenvalue weighted by atomic mass is 16.5. The topological polar surface area (TPSA) is 70.7 Å². The number of carbonyl (C=O) groups excluding carboxylic acids is 1. The Morgan fingerprint density at radius 3 is 2.65 bits per heavy atom. The molecule has 0 aliphatic heterocycles. The second-order valence-corrected chi connectivity index (χ2v) is 7.72. The van der Waals surface area contributed by atoms with Crippen LogP contribution in [0.4, 0.5) is 5.69 Å². The van der Waals surface area contributed by atoms with Gasteiger partial charge in [0.25, 0.3) is 5.91 Å². The Hall–Kier alpha value is -3.57. The van der Waals surface area contributed by atoms with Crippen LogP contribution in [0.1, 0.15) is 22.7 Å². The van der Waals surface area contributed by atoms with Crippen LogP contribution < -0.4 is 15.4 Å². The molecular formula is C26H28N3O2+. The lowest BCUT2D eigenvalue weighted by Gasteiger charge is -2.17. The summed E-state index contributed by atoms with van der Waals surface area (Å²) in [4.78, 5) is 16.6. The second kappa shape index (κ2) is 9.49. The van der Waals surface area contributed by atoms with Crippen molar-refractivity contribution in [2.75, 3.05) is 19.0 Å². The van der Waals surface area contributed by atoms with Crippen LogP contribution in [0.3, 0.4) is 0 Å². The fraction of sp³-hybridized carbons (Fsp3) is 0.192. The number of aryl methyl sites for hydroxylation is 1. The van der Waals surface area contributed by atoms with Gasteiger partial charge in [0.05, 0.1) is 19.3 Å². The summed E-state index contributed by atoms with van der Waals surface area (Å²) in [6, 6.07) is 23.6. The van der Waals surface area contributed by atoms with Gasteiger partial charge in [-0.3, -0.25) is 4.79 Å². The van der Waals surface area contributed by atoms with Gasteiger partial charge < -0.3 is 20.4 Å². The van der Waals surface area contributed by atoms with E-state index in [9.17, 15) is 4.79 Å². The number of ether oxygens (including phenoxy) is 1. The summed E-state index contributed by atoms with van der Waals surface area (Å²) in [6.07, 6.45) is 2.93. The van der Waals surface area contributed by atoms with Crippen molar-refractivity contribution in [3.8, 4) is 5.75 Å². The van der Waals surface area contributed by atoms with Crippen molar-refractivity contribution >= 4 is 22.5 Å². The van der Waals surface area contributed by atoms with Crippen molar-refractivity contribution in [1.82, 2.24) is 4.98 Å². The number of anilines is 1. The SMILES string of the molecule is COc1ccc(C)cc1NC(=O)[C@@H]([NH2+]CCc1c[nH]c2ccccc12)c1ccccc1. The van der Waals surface area contributed by atoms with Crippen molar-refractivity contribution in [3.63, 3.8) is 0 Å². The van der Waals surface area contributed by atoms with Gasteiger partial charge in [0.1, 0.15) is 5.75 Å². The Kier molecular flexibility index (Phi) is 6.34. The van der Waals surface area contributed by atoms with Crippen LogP contribution in [0.2, 0.25) is 0 Å². The summed E-state index contributed by atoms with van der Waals surface area (Å²) >= 11 is 0. The summed E-state index contributed by atoms with van der Waals surface area (Å²) < 4.78 is 5.43. The molecule has 3 aromatic carbocycles. The maximum atomic E-state index is 13.3. The van der Waals surface area contributed by atoms with Crippen LogP contribution in [-0.4, -0.2) is 24.5 Å². The van der Waals surface area contributed by atoms with Crippen molar-refractivity contribution in [1.29, 1.82) is 0 Å². The van der Waals surface area contributed by atoms with Crippen molar-refractivity contribution in [3.05, 3.63) is 95.7 Å². The fourth-order valence-electron chi connectivity index (χ4n) is 3.93. The van der Waals surface area contributed by atoms with Gasteiger partial charge in [0, 0.05) is 29.1 Å². The summed E-state index contributed by atoms with van der Waals surface area (Å²) in [5, 5.41) is 6.42. The van der Waals surface area contributed by atoms with Gasteiger partial charge in [-0.2, -0.15) is 0 Å². The molecule has 1 atom stereocenters. The average Bonchev–Trinajstić information content (AvgIpc) is 3.20. The number of hydrogen-bond acceptors (Lipinski definition) is 2. The number of hydrogen-bond donors (Lipinski definition) is 3. The fourth-order valence-corrected chi connectivity index (χ4v) is 3.93. The molecule has 0 aliphatic rings. The first-order chi connectivity index (χ1) is 15.2. The molecule has 1 amide bonds. The molecule has 5 heteroatoms. The minimum atomic E-state index is -0.350. The minimum absolute atomic E-state index is 0.0611. The Balaban J connectivity index is 1.51. The monoisotopic (exact) mass is 414 g/mol. The lowest BCUT2D eigenvalue weighted by atomic mass is 10.0. The van der Waals surface area contributed by atoms with E-state index in [4.69, 9.17) is 4.74 Å². The van der Waals surface area contributed by atoms with Crippen LogP contribution in [0.5, 0.6) is 5.75 Å². The molecule has 0 radical (unpaired) electrons. The molecule has 0 unspecified atom stereocenters. The predicted octanol–water partition coefficient (Wildman–Crippen LogP) is 3.97. The highest BCUT2D eigenvalue weighted by Crippen LogP contribution is 2.26. The average molecular weight is 415 g/mol. The van der Waals surface area contributed by atoms with E-state index in [1.807, 2.05) is 61.5 Å². The molecular weight excluding hydrogens is 386 g/mol. The number of amides is 1. The maximum absolute atomic E-state index is 13.3. The first-order valence-electron chi connectivity index (χ1n) is 10.5. The molecule has 0 spiro atoms. The van der Waals surface area contributed by atoms with Gasteiger partial charge in [-0.05, 0) is 36.2 Å². The van der Waals surface area contributed by atoms with E-state index < -0.39 is 0 Å². The number of para-hydroxylation sites is 1. The van der Waals surface area contributed by atoms with E-state index >= 15 is 0 Å². The van der Waals surface area contributed by atoms with Crippen LogP contribution >= 0.6 is 0 Å². The van der Waals surface area contributed by atoms with Gasteiger partial charge in [-0.15, -0.1) is 0 Å². The van der Waals surface area contributed by atoms with Crippen molar-refractivity contribution < 1.29 is 14.8 Å². The molecule has 0 saturated heterocycles. The van der Waals surface area contributed by atoms with Crippen molar-refractivity contribution in [2.45, 2.75) is 19.4 Å². The van der Waals surface area contributed by atoms with E-state index in [2.05, 4.69) is 40.0 Å². The first kappa shape index (κ1) is 20.7. The molecule has 4 aromatic rings. The summed E-state index contributed by atoms with van der Waals surface area (Å²) in [5.74, 6) is 0.596. The zero-order valence-corrected chi connectivity index (χ0v) is 17.9. The van der Waals surface area contributed by atoms with Gasteiger partial charge in [0.2, 0.25) is 0 Å². The predicted molar refractivity (Wildman–Crippen MR) is 124 cm³/mol. The number of aromatic nitrogens is 1. The third kappa shape index (κ3) is 4.78. The van der Waals surface area contributed by atoms with Crippen LogP contribution in [0.25, 0.3) is 10.9 Å². The van der Waals surface area contributed by atoms with E-state index in [1.54, 1.807) is 7.11 Å². The Bertz CT molecular complexity index is 1170. The molecule has 0 aliphatic carbocycles. The molecule has 0 fully saturated rings. The molecule has 4 rings (SSSR count). The largest absolute Gasteiger partial charge is 0.495 e. The Morgan fingerprint density at radius 1 is 1.06 bits per heavy atom. The van der Waals surface area contributed by atoms with E-state index in [-0.39, 0.29) is 11.9 Å². The lowest BCUT2D eigenvalue weighted by Crippen LogP contribution is -2.87. The number of nitrogens with two attached hydrogens (primary N) is 1. The molecule has 0 bridgehead atoms. The zero-order chi connectivity index (χ0) is 21.6. The number of fused-ring (bicyclic) bond motifs is 1. The third-order valence-corrected chi connectivity index (χ3v) is 5.54. The first-order valence-corrected chi connectivity index (χ1v) is 10.5. The van der Waals surface area contributed by atoms with Gasteiger partial charge >= 0.3 is 0 Å². The quantitative estimate of drug-likeness (QED) is 0.408. The van der Waals surface area contributed by atoms with Gasteiger partial charge in [-0.25, -0.2) is 0 Å². The summed E-state index contributed by atoms with van der Waals surface area (Å²) in [7, 11) is 1.61. The summed E-state index contributed by atoms with van der Waals surface area (Å²) in [5.41, 5.74) is 5.14. The maximum Gasteiger partial charge on any atom is 0.287 e. The van der Waals surface area contributed by atoms with Crippen molar-refractivity contribution in [2.24, 2.45) is 0 Å². The summed E-state index contributed by atoms with van der Waals surface area (Å²) in [6.45, 7) is 2.79. The van der Waals surface area contributed by atoms with Gasteiger partial charge in [0.15, 0.2) is 6.04 Å². The number of nitrogens with one attached hydrogen (secondary N) is 2. The molecule has 5 nitrogen and oxygen atoms in total. The normalized spacial score (nSPS) is 11.9. The van der Waals surface area contributed by atoms with Gasteiger partial charge in [-0.1, -0.05) is 54.6 Å². The highest BCUT2D eigenvalue weighted by Gasteiger charge is 2.25. The Morgan fingerprint density at radius 2 is 1.84 bits per heavy atom. The number of carbonyl (C=O) groups is 1. The molecule has 31 heavy (non-hydrogen) atoms. The number of H-pyrrole nitrogens is 1. The van der Waals surface area contributed by atoms with Crippen LogP contribution in [0.15, 0.2) is 79.0 Å². The van der Waals surface area contributed by atoms with Crippen LogP contribution in [-0.2, 0) is 11.2 Å². The number of benzene rings is 3. The lowest BCUT2D eigenvalue weighted by molar-refractivity contribution is -0.682. The molecule has 158 valence electrons. The van der Waals surface area contributed by atoms with E-state index in [0.29, 0.717) is 11.4 Å². The standard InChI is InChI=1S/C26H27N3O2/c1-18-12-13-24(31-2)23(16-18)29-26(30)25(19-8-4-3-5-9-19)27-15-14-20-17-28-22-11-7-6-10-21(20)22/h3-13,16-17,25,27-28H,14-15H2,1-2H3,(H,29,30)/p+1/t25-/m0/s1. The highest BCUT2D eigenvalue weighted by molar-refractivity contribution is 5.95. The number of quaternary nitrogens is 1. The molecule has 4 N–H and O–H groups in total. The van der Waals surface area contributed by atoms with E-state index in [0.717, 1.165) is 29.6 Å². The zero-order valence-electron chi connectivity index (χ0n) is 17.9. The molecule has 1 heterocycles. The molecule has 1 aromatic heterocycles. The number of rotatable bonds is 8. The smallest absolute Gasteiger partial charge is 0.287 e. The van der Waals surface area contributed by atoms with Crippen LogP contribution in [0, 0.1) is 6.92 Å². The number of methoxy groups -OCH3 is 1. The molecule has 0 saturated carbocycles. The third-order valence-electron chi connectivity index (χ3n) is 5.54. The van der Waals surface area contributed by atoms with E-state index in [1.165, 1.54) is 10.9 Å².